The van der Waals surface area contributed by atoms with Gasteiger partial charge >= 0.3 is 6.18 Å². The maximum Gasteiger partial charge on any atom is 0.408 e. The number of alkyl halides is 3. The van der Waals surface area contributed by atoms with Crippen LogP contribution in [0.1, 0.15) is 38.9 Å². The van der Waals surface area contributed by atoms with Crippen molar-refractivity contribution >= 4 is 11.8 Å². The second kappa shape index (κ2) is 7.05. The Hall–Kier alpha value is -2.84. The summed E-state index contributed by atoms with van der Waals surface area (Å²) in [6.07, 6.45) is -0.462. The van der Waals surface area contributed by atoms with Crippen LogP contribution in [0.3, 0.4) is 0 Å². The molecule has 0 bridgehead atoms. The van der Waals surface area contributed by atoms with Crippen LogP contribution in [0, 0.1) is 0 Å². The molecule has 0 radical (unpaired) electrons. The number of nitrogens with zero attached hydrogens (tertiary/aromatic N) is 3. The highest BCUT2D eigenvalue weighted by molar-refractivity contribution is 6.04. The molecule has 2 heterocycles. The lowest BCUT2D eigenvalue weighted by Crippen LogP contribution is -2.43. The van der Waals surface area contributed by atoms with Crippen molar-refractivity contribution in [1.29, 1.82) is 0 Å². The molecule has 2 amide bonds. The molecule has 6 nitrogen and oxygen atoms in total. The van der Waals surface area contributed by atoms with E-state index in [1.54, 1.807) is 21.9 Å². The molecule has 1 aliphatic heterocycles. The van der Waals surface area contributed by atoms with Crippen molar-refractivity contribution < 1.29 is 22.8 Å². The Morgan fingerprint density at radius 3 is 2.74 bits per heavy atom. The summed E-state index contributed by atoms with van der Waals surface area (Å²) in [5, 5.41) is 1.95. The summed E-state index contributed by atoms with van der Waals surface area (Å²) in [4.78, 5) is 30.7. The van der Waals surface area contributed by atoms with E-state index in [0.29, 0.717) is 24.1 Å². The Bertz CT molecular complexity index is 876. The molecule has 1 aromatic heterocycles. The first-order valence-corrected chi connectivity index (χ1v) is 8.42. The zero-order valence-corrected chi connectivity index (χ0v) is 14.9. The summed E-state index contributed by atoms with van der Waals surface area (Å²) in [6, 6.07) is 2.56. The van der Waals surface area contributed by atoms with Gasteiger partial charge in [0.1, 0.15) is 6.04 Å². The number of carbonyl (C=O) groups is 2. The predicted octanol–water partition coefficient (Wildman–Crippen LogP) is 2.30. The summed E-state index contributed by atoms with van der Waals surface area (Å²) in [6.45, 7) is 1.47. The second-order valence-corrected chi connectivity index (χ2v) is 6.58. The normalized spacial score (nSPS) is 15.0. The summed E-state index contributed by atoms with van der Waals surface area (Å²) >= 11 is 0. The Morgan fingerprint density at radius 1 is 1.37 bits per heavy atom. The number of benzene rings is 1. The predicted molar refractivity (Wildman–Crippen MR) is 91.1 cm³/mol. The fraction of sp³-hybridized carbons (Fsp3) is 0.389. The van der Waals surface area contributed by atoms with E-state index in [1.165, 1.54) is 12.1 Å². The molecule has 9 heteroatoms. The van der Waals surface area contributed by atoms with Gasteiger partial charge in [-0.15, -0.1) is 0 Å². The van der Waals surface area contributed by atoms with E-state index < -0.39 is 18.1 Å². The van der Waals surface area contributed by atoms with Gasteiger partial charge in [0.15, 0.2) is 0 Å². The van der Waals surface area contributed by atoms with Crippen LogP contribution < -0.4 is 5.32 Å². The second-order valence-electron chi connectivity index (χ2n) is 6.58. The molecular formula is C18H19F3N4O2. The van der Waals surface area contributed by atoms with Crippen LogP contribution in [0.15, 0.2) is 30.7 Å². The number of fused-ring (bicyclic) bond motifs is 1. The molecule has 144 valence electrons. The van der Waals surface area contributed by atoms with Gasteiger partial charge in [0, 0.05) is 43.9 Å². The fourth-order valence-corrected chi connectivity index (χ4v) is 2.99. The van der Waals surface area contributed by atoms with Crippen molar-refractivity contribution in [2.24, 2.45) is 7.05 Å². The molecule has 0 saturated heterocycles. The summed E-state index contributed by atoms with van der Waals surface area (Å²) in [5.74, 6) is -1.07. The van der Waals surface area contributed by atoms with E-state index in [-0.39, 0.29) is 18.0 Å². The minimum atomic E-state index is -4.53. The van der Waals surface area contributed by atoms with E-state index >= 15 is 0 Å². The summed E-state index contributed by atoms with van der Waals surface area (Å²) in [7, 11) is 1.85. The standard InChI is InChI=1S/C18H19F3N4O2/c1-11(18(19,20)21)23-16(26)13-4-3-5-14-15(13)9-25(17(14)27)7-6-12-8-24(2)10-22-12/h3-5,8,10-11H,6-7,9H2,1-2H3,(H,23,26)/t11-/m0/s1. The first-order valence-electron chi connectivity index (χ1n) is 8.42. The number of hydrogen-bond acceptors (Lipinski definition) is 3. The van der Waals surface area contributed by atoms with Crippen molar-refractivity contribution in [1.82, 2.24) is 19.8 Å². The van der Waals surface area contributed by atoms with Gasteiger partial charge in [-0.25, -0.2) is 4.98 Å². The van der Waals surface area contributed by atoms with Crippen LogP contribution in [0.25, 0.3) is 0 Å². The summed E-state index contributed by atoms with van der Waals surface area (Å²) < 4.78 is 39.9. The molecule has 2 aromatic rings. The molecule has 0 saturated carbocycles. The monoisotopic (exact) mass is 380 g/mol. The zero-order valence-electron chi connectivity index (χ0n) is 14.9. The average molecular weight is 380 g/mol. The van der Waals surface area contributed by atoms with Crippen LogP contribution in [-0.2, 0) is 20.0 Å². The lowest BCUT2D eigenvalue weighted by atomic mass is 10.0. The Balaban J connectivity index is 1.74. The Labute approximate surface area is 154 Å². The third-order valence-corrected chi connectivity index (χ3v) is 4.52. The highest BCUT2D eigenvalue weighted by atomic mass is 19.4. The minimum Gasteiger partial charge on any atom is -0.341 e. The molecule has 0 fully saturated rings. The van der Waals surface area contributed by atoms with Crippen molar-refractivity contribution in [3.8, 4) is 0 Å². The van der Waals surface area contributed by atoms with Gasteiger partial charge in [-0.2, -0.15) is 13.2 Å². The van der Waals surface area contributed by atoms with Gasteiger partial charge in [-0.3, -0.25) is 9.59 Å². The first kappa shape index (κ1) is 18.9. The molecule has 3 rings (SSSR count). The molecule has 0 spiro atoms. The maximum atomic E-state index is 12.7. The fourth-order valence-electron chi connectivity index (χ4n) is 2.99. The number of rotatable bonds is 5. The number of carbonyl (C=O) groups excluding carboxylic acids is 2. The number of halogens is 3. The van der Waals surface area contributed by atoms with E-state index in [9.17, 15) is 22.8 Å². The minimum absolute atomic E-state index is 0.0947. The third-order valence-electron chi connectivity index (χ3n) is 4.52. The van der Waals surface area contributed by atoms with Crippen LogP contribution in [0.4, 0.5) is 13.2 Å². The van der Waals surface area contributed by atoms with Gasteiger partial charge in [-0.1, -0.05) is 6.07 Å². The van der Waals surface area contributed by atoms with Gasteiger partial charge in [0.2, 0.25) is 0 Å². The van der Waals surface area contributed by atoms with E-state index in [1.807, 2.05) is 18.6 Å². The van der Waals surface area contributed by atoms with Crippen LogP contribution in [0.2, 0.25) is 0 Å². The molecule has 1 atom stereocenters. The largest absolute Gasteiger partial charge is 0.408 e. The lowest BCUT2D eigenvalue weighted by molar-refractivity contribution is -0.149. The first-order chi connectivity index (χ1) is 12.7. The van der Waals surface area contributed by atoms with Crippen LogP contribution in [-0.4, -0.2) is 45.0 Å². The van der Waals surface area contributed by atoms with Crippen molar-refractivity contribution in [3.05, 3.63) is 53.1 Å². The molecule has 0 aliphatic carbocycles. The van der Waals surface area contributed by atoms with E-state index in [2.05, 4.69) is 4.98 Å². The highest BCUT2D eigenvalue weighted by Gasteiger charge is 2.38. The summed E-state index contributed by atoms with van der Waals surface area (Å²) in [5.41, 5.74) is 1.73. The molecule has 1 aliphatic rings. The number of hydrogen-bond donors (Lipinski definition) is 1. The van der Waals surface area contributed by atoms with Gasteiger partial charge in [0.05, 0.1) is 12.0 Å². The highest BCUT2D eigenvalue weighted by Crippen LogP contribution is 2.27. The molecule has 0 unspecified atom stereocenters. The SMILES string of the molecule is C[C@H](NC(=O)c1cccc2c1CN(CCc1cn(C)cn1)C2=O)C(F)(F)F. The molecule has 27 heavy (non-hydrogen) atoms. The van der Waals surface area contributed by atoms with Gasteiger partial charge < -0.3 is 14.8 Å². The number of nitrogens with one attached hydrogen (secondary N) is 1. The van der Waals surface area contributed by atoms with E-state index in [4.69, 9.17) is 0 Å². The van der Waals surface area contributed by atoms with Crippen molar-refractivity contribution in [3.63, 3.8) is 0 Å². The van der Waals surface area contributed by atoms with Gasteiger partial charge in [0.25, 0.3) is 11.8 Å². The quantitative estimate of drug-likeness (QED) is 0.866. The van der Waals surface area contributed by atoms with Crippen LogP contribution >= 0.6 is 0 Å². The number of aryl methyl sites for hydroxylation is 1. The van der Waals surface area contributed by atoms with Gasteiger partial charge in [-0.05, 0) is 24.6 Å². The Kier molecular flexibility index (Phi) is 4.95. The average Bonchev–Trinajstić information content (AvgIpc) is 3.15. The third kappa shape index (κ3) is 3.96. The topological polar surface area (TPSA) is 67.2 Å². The van der Waals surface area contributed by atoms with Crippen LogP contribution in [0.5, 0.6) is 0 Å². The number of aromatic nitrogens is 2. The zero-order chi connectivity index (χ0) is 19.8. The Morgan fingerprint density at radius 2 is 2.11 bits per heavy atom. The smallest absolute Gasteiger partial charge is 0.341 e. The van der Waals surface area contributed by atoms with Crippen molar-refractivity contribution in [2.45, 2.75) is 32.1 Å². The molecule has 1 aromatic carbocycles. The molecular weight excluding hydrogens is 361 g/mol. The van der Waals surface area contributed by atoms with Crippen molar-refractivity contribution in [2.75, 3.05) is 6.54 Å². The maximum absolute atomic E-state index is 12.7. The van der Waals surface area contributed by atoms with E-state index in [0.717, 1.165) is 12.6 Å². The number of amides is 2. The number of imidazole rings is 1. The molecule has 1 N–H and O–H groups in total. The lowest BCUT2D eigenvalue weighted by Gasteiger charge is -2.18.